The molecule has 0 saturated heterocycles. The van der Waals surface area contributed by atoms with Crippen LogP contribution in [0.25, 0.3) is 0 Å². The van der Waals surface area contributed by atoms with Gasteiger partial charge in [0.25, 0.3) is 0 Å². The van der Waals surface area contributed by atoms with Crippen LogP contribution in [0.2, 0.25) is 0 Å². The number of benzene rings is 1. The van der Waals surface area contributed by atoms with Crippen LogP contribution in [0.15, 0.2) is 48.8 Å². The Morgan fingerprint density at radius 3 is 2.43 bits per heavy atom. The summed E-state index contributed by atoms with van der Waals surface area (Å²) in [5.41, 5.74) is 1.40. The number of carboxylic acid groups (broad SMARTS) is 1. The molecule has 0 amide bonds. The second-order valence-electron chi connectivity index (χ2n) is 4.77. The number of hydrogen-bond acceptors (Lipinski definition) is 6. The fourth-order valence-electron chi connectivity index (χ4n) is 2.02. The number of anilines is 4. The molecule has 1 aromatic carbocycles. The molecule has 8 heteroatoms. The van der Waals surface area contributed by atoms with Gasteiger partial charge in [0.15, 0.2) is 17.5 Å². The zero-order chi connectivity index (χ0) is 16.2. The third-order valence-corrected chi connectivity index (χ3v) is 3.01. The van der Waals surface area contributed by atoms with Crippen molar-refractivity contribution in [1.29, 1.82) is 0 Å². The summed E-state index contributed by atoms with van der Waals surface area (Å²) in [7, 11) is 0. The molecule has 0 radical (unpaired) electrons. The number of aryl methyl sites for hydroxylation is 1. The second kappa shape index (κ2) is 6.14. The van der Waals surface area contributed by atoms with Crippen molar-refractivity contribution in [1.82, 2.24) is 19.7 Å². The molecule has 0 aliphatic rings. The molecule has 2 aromatic heterocycles. The number of aromatic nitrogens is 4. The quantitative estimate of drug-likeness (QED) is 0.680. The average molecular weight is 310 g/mol. The summed E-state index contributed by atoms with van der Waals surface area (Å²) in [6.07, 6.45) is 1.99. The fourth-order valence-corrected chi connectivity index (χ4v) is 2.02. The first-order chi connectivity index (χ1) is 11.1. The van der Waals surface area contributed by atoms with Gasteiger partial charge >= 0.3 is 6.09 Å². The van der Waals surface area contributed by atoms with E-state index >= 15 is 0 Å². The van der Waals surface area contributed by atoms with Crippen molar-refractivity contribution >= 4 is 29.2 Å². The molecule has 116 valence electrons. The predicted molar refractivity (Wildman–Crippen MR) is 85.4 cm³/mol. The summed E-state index contributed by atoms with van der Waals surface area (Å²) in [4.78, 5) is 19.4. The van der Waals surface area contributed by atoms with Gasteiger partial charge in [-0.1, -0.05) is 18.2 Å². The molecule has 0 aliphatic heterocycles. The van der Waals surface area contributed by atoms with Crippen molar-refractivity contribution in [2.24, 2.45) is 0 Å². The smallest absolute Gasteiger partial charge is 0.432 e. The number of para-hydroxylation sites is 1. The lowest BCUT2D eigenvalue weighted by atomic mass is 10.3. The molecular weight excluding hydrogens is 296 g/mol. The lowest BCUT2D eigenvalue weighted by Gasteiger charge is -2.07. The van der Waals surface area contributed by atoms with E-state index in [-0.39, 0.29) is 0 Å². The van der Waals surface area contributed by atoms with Gasteiger partial charge in [-0.2, -0.15) is 4.68 Å². The Morgan fingerprint density at radius 1 is 1.09 bits per heavy atom. The van der Waals surface area contributed by atoms with Gasteiger partial charge in [-0.3, -0.25) is 4.98 Å². The highest BCUT2D eigenvalue weighted by Gasteiger charge is 2.10. The Labute approximate surface area is 131 Å². The normalized spacial score (nSPS) is 10.3. The van der Waals surface area contributed by atoms with Crippen LogP contribution in [0.5, 0.6) is 0 Å². The van der Waals surface area contributed by atoms with Gasteiger partial charge in [0.1, 0.15) is 0 Å². The lowest BCUT2D eigenvalue weighted by molar-refractivity contribution is 0.192. The maximum atomic E-state index is 11.0. The summed E-state index contributed by atoms with van der Waals surface area (Å²) in [5, 5.41) is 19.0. The molecule has 0 unspecified atom stereocenters. The number of nitrogens with one attached hydrogen (secondary N) is 2. The maximum absolute atomic E-state index is 11.0. The molecule has 3 aromatic rings. The van der Waals surface area contributed by atoms with Crippen molar-refractivity contribution < 1.29 is 9.90 Å². The van der Waals surface area contributed by atoms with Crippen molar-refractivity contribution in [3.8, 4) is 0 Å². The van der Waals surface area contributed by atoms with Gasteiger partial charge in [0, 0.05) is 17.4 Å². The summed E-state index contributed by atoms with van der Waals surface area (Å²) < 4.78 is 0.891. The first kappa shape index (κ1) is 14.5. The standard InChI is InChI=1S/C15H14N6O2/c1-10-7-12(20-21(10)15(22)23)18-14-9-16-8-13(19-14)17-11-5-3-2-4-6-11/h2-9H,1H3,(H,22,23)(H2,17,18,19,20). The highest BCUT2D eigenvalue weighted by molar-refractivity contribution is 5.69. The third kappa shape index (κ3) is 3.43. The summed E-state index contributed by atoms with van der Waals surface area (Å²) in [6.45, 7) is 1.66. The topological polar surface area (TPSA) is 105 Å². The molecule has 0 aliphatic carbocycles. The van der Waals surface area contributed by atoms with E-state index < -0.39 is 6.09 Å². The number of nitrogens with zero attached hydrogens (tertiary/aromatic N) is 4. The molecule has 0 fully saturated rings. The Morgan fingerprint density at radius 2 is 1.78 bits per heavy atom. The molecule has 0 saturated carbocycles. The van der Waals surface area contributed by atoms with Crippen LogP contribution in [0.1, 0.15) is 5.69 Å². The highest BCUT2D eigenvalue weighted by Crippen LogP contribution is 2.17. The van der Waals surface area contributed by atoms with Gasteiger partial charge in [0.05, 0.1) is 12.4 Å². The first-order valence-corrected chi connectivity index (χ1v) is 6.83. The van der Waals surface area contributed by atoms with E-state index in [1.165, 1.54) is 6.20 Å². The van der Waals surface area contributed by atoms with E-state index in [2.05, 4.69) is 25.7 Å². The zero-order valence-corrected chi connectivity index (χ0v) is 12.3. The summed E-state index contributed by atoms with van der Waals surface area (Å²) in [5.74, 6) is 1.41. The minimum Gasteiger partial charge on any atom is -0.463 e. The monoisotopic (exact) mass is 310 g/mol. The van der Waals surface area contributed by atoms with Gasteiger partial charge in [-0.05, 0) is 19.1 Å². The Bertz CT molecular complexity index is 831. The third-order valence-electron chi connectivity index (χ3n) is 3.01. The Hall–Kier alpha value is -3.42. The molecule has 0 spiro atoms. The van der Waals surface area contributed by atoms with Gasteiger partial charge < -0.3 is 15.7 Å². The highest BCUT2D eigenvalue weighted by atomic mass is 16.4. The van der Waals surface area contributed by atoms with Gasteiger partial charge in [-0.15, -0.1) is 5.10 Å². The van der Waals surface area contributed by atoms with E-state index in [9.17, 15) is 4.79 Å². The molecule has 0 atom stereocenters. The molecule has 3 N–H and O–H groups in total. The van der Waals surface area contributed by atoms with Crippen LogP contribution >= 0.6 is 0 Å². The van der Waals surface area contributed by atoms with Gasteiger partial charge in [-0.25, -0.2) is 9.78 Å². The minimum absolute atomic E-state index is 0.385. The minimum atomic E-state index is -1.14. The van der Waals surface area contributed by atoms with Crippen molar-refractivity contribution in [3.05, 3.63) is 54.5 Å². The van der Waals surface area contributed by atoms with Crippen molar-refractivity contribution in [3.63, 3.8) is 0 Å². The van der Waals surface area contributed by atoms with Crippen LogP contribution < -0.4 is 10.6 Å². The van der Waals surface area contributed by atoms with Crippen LogP contribution in [0, 0.1) is 6.92 Å². The molecule has 2 heterocycles. The molecule has 8 nitrogen and oxygen atoms in total. The Balaban J connectivity index is 1.77. The second-order valence-corrected chi connectivity index (χ2v) is 4.77. The molecule has 3 rings (SSSR count). The number of rotatable bonds is 4. The predicted octanol–water partition coefficient (Wildman–Crippen LogP) is 2.99. The molecular formula is C15H14N6O2. The first-order valence-electron chi connectivity index (χ1n) is 6.83. The summed E-state index contributed by atoms with van der Waals surface area (Å²) in [6, 6.07) is 11.2. The molecule has 23 heavy (non-hydrogen) atoms. The number of carbonyl (C=O) groups is 1. The Kier molecular flexibility index (Phi) is 3.88. The summed E-state index contributed by atoms with van der Waals surface area (Å²) >= 11 is 0. The van der Waals surface area contributed by atoms with E-state index in [4.69, 9.17) is 5.11 Å². The van der Waals surface area contributed by atoms with Crippen LogP contribution in [-0.4, -0.2) is 30.9 Å². The van der Waals surface area contributed by atoms with Crippen molar-refractivity contribution in [2.75, 3.05) is 10.6 Å². The van der Waals surface area contributed by atoms with E-state index in [0.717, 1.165) is 10.4 Å². The largest absolute Gasteiger partial charge is 0.463 e. The van der Waals surface area contributed by atoms with Crippen LogP contribution in [0.3, 0.4) is 0 Å². The lowest BCUT2D eigenvalue weighted by Crippen LogP contribution is -2.11. The van der Waals surface area contributed by atoms with E-state index in [1.807, 2.05) is 30.3 Å². The zero-order valence-electron chi connectivity index (χ0n) is 12.3. The van der Waals surface area contributed by atoms with Crippen LogP contribution in [-0.2, 0) is 0 Å². The van der Waals surface area contributed by atoms with Gasteiger partial charge in [0.2, 0.25) is 0 Å². The number of hydrogen-bond donors (Lipinski definition) is 3. The SMILES string of the molecule is Cc1cc(Nc2cncc(Nc3ccccc3)n2)nn1C(=O)O. The van der Waals surface area contributed by atoms with E-state index in [0.29, 0.717) is 23.1 Å². The maximum Gasteiger partial charge on any atom is 0.432 e. The average Bonchev–Trinajstić information content (AvgIpc) is 2.89. The molecule has 0 bridgehead atoms. The fraction of sp³-hybridized carbons (Fsp3) is 0.0667. The van der Waals surface area contributed by atoms with Crippen LogP contribution in [0.4, 0.5) is 27.9 Å². The van der Waals surface area contributed by atoms with E-state index in [1.54, 1.807) is 19.2 Å². The van der Waals surface area contributed by atoms with Crippen molar-refractivity contribution in [2.45, 2.75) is 6.92 Å².